The van der Waals surface area contributed by atoms with Crippen LogP contribution in [0.25, 0.3) is 27.6 Å². The van der Waals surface area contributed by atoms with Crippen molar-refractivity contribution in [2.75, 3.05) is 0 Å². The third kappa shape index (κ3) is 3.72. The Morgan fingerprint density at radius 2 is 1.74 bits per heavy atom. The third-order valence-electron chi connectivity index (χ3n) is 6.20. The summed E-state index contributed by atoms with van der Waals surface area (Å²) in [6.45, 7) is 8.66. The van der Waals surface area contributed by atoms with Crippen molar-refractivity contribution < 1.29 is 4.79 Å². The molecule has 0 aliphatic heterocycles. The second-order valence-corrected chi connectivity index (χ2v) is 10.4. The van der Waals surface area contributed by atoms with Crippen molar-refractivity contribution in [3.05, 3.63) is 70.1 Å². The number of ketones is 1. The molecule has 8 heteroatoms. The van der Waals surface area contributed by atoms with E-state index in [-0.39, 0.29) is 16.6 Å². The minimum Gasteiger partial charge on any atom is -0.358 e. The van der Waals surface area contributed by atoms with Crippen LogP contribution in [0.2, 0.25) is 0 Å². The predicted molar refractivity (Wildman–Crippen MR) is 137 cm³/mol. The Hall–Kier alpha value is -3.39. The van der Waals surface area contributed by atoms with E-state index in [1.807, 2.05) is 66.8 Å². The number of para-hydroxylation sites is 2. The minimum absolute atomic E-state index is 0.0362. The minimum atomic E-state index is -0.389. The van der Waals surface area contributed by atoms with Gasteiger partial charge >= 0.3 is 0 Å². The number of rotatable bonds is 7. The molecule has 174 valence electrons. The van der Waals surface area contributed by atoms with Crippen LogP contribution in [0.5, 0.6) is 0 Å². The van der Waals surface area contributed by atoms with Crippen LogP contribution < -0.4 is 5.56 Å². The molecule has 0 spiro atoms. The highest BCUT2D eigenvalue weighted by molar-refractivity contribution is 8.00. The zero-order valence-electron chi connectivity index (χ0n) is 19.7. The summed E-state index contributed by atoms with van der Waals surface area (Å²) in [5.41, 5.74) is 3.21. The number of hydrogen-bond donors (Lipinski definition) is 1. The lowest BCUT2D eigenvalue weighted by Crippen LogP contribution is -2.24. The van der Waals surface area contributed by atoms with Crippen LogP contribution in [0.15, 0.2) is 58.5 Å². The number of nitrogens with zero attached hydrogens (tertiary/aromatic N) is 4. The number of carbonyl (C=O) groups excluding carboxylic acids is 1. The number of aromatic nitrogens is 5. The van der Waals surface area contributed by atoms with E-state index in [0.29, 0.717) is 34.3 Å². The highest BCUT2D eigenvalue weighted by Gasteiger charge is 2.25. The number of carbonyl (C=O) groups is 1. The van der Waals surface area contributed by atoms with Gasteiger partial charge in [-0.2, -0.15) is 0 Å². The molecular formula is C26H27N5O2S. The molecule has 2 aromatic carbocycles. The zero-order chi connectivity index (χ0) is 24.0. The van der Waals surface area contributed by atoms with Gasteiger partial charge in [-0.25, -0.2) is 0 Å². The molecule has 0 radical (unpaired) electrons. The second kappa shape index (κ2) is 8.76. The summed E-state index contributed by atoms with van der Waals surface area (Å²) in [5, 5.41) is 10.6. The first kappa shape index (κ1) is 22.4. The number of H-pyrrole nitrogens is 1. The fourth-order valence-corrected chi connectivity index (χ4v) is 5.32. The fraction of sp³-hybridized carbons (Fsp3) is 0.308. The van der Waals surface area contributed by atoms with Gasteiger partial charge in [-0.05, 0) is 44.4 Å². The molecule has 0 saturated heterocycles. The fourth-order valence-electron chi connectivity index (χ4n) is 4.41. The van der Waals surface area contributed by atoms with E-state index in [1.54, 1.807) is 4.57 Å². The predicted octanol–water partition coefficient (Wildman–Crippen LogP) is 5.24. The van der Waals surface area contributed by atoms with Gasteiger partial charge in [0, 0.05) is 28.7 Å². The van der Waals surface area contributed by atoms with Crippen molar-refractivity contribution in [1.82, 2.24) is 24.1 Å². The van der Waals surface area contributed by atoms with E-state index in [9.17, 15) is 9.59 Å². The topological polar surface area (TPSA) is 85.0 Å². The first-order valence-corrected chi connectivity index (χ1v) is 12.4. The van der Waals surface area contributed by atoms with Crippen LogP contribution in [-0.2, 0) is 6.54 Å². The van der Waals surface area contributed by atoms with Gasteiger partial charge in [-0.1, -0.05) is 55.9 Å². The van der Waals surface area contributed by atoms with E-state index in [4.69, 9.17) is 0 Å². The van der Waals surface area contributed by atoms with Crippen molar-refractivity contribution >= 4 is 45.1 Å². The number of benzene rings is 2. The molecule has 1 atom stereocenters. The quantitative estimate of drug-likeness (QED) is 0.258. The van der Waals surface area contributed by atoms with Gasteiger partial charge in [0.2, 0.25) is 5.78 Å². The Labute approximate surface area is 201 Å². The number of fused-ring (bicyclic) bond motifs is 4. The highest BCUT2D eigenvalue weighted by atomic mass is 32.2. The van der Waals surface area contributed by atoms with E-state index in [0.717, 1.165) is 28.5 Å². The van der Waals surface area contributed by atoms with Crippen LogP contribution in [-0.4, -0.2) is 35.2 Å². The van der Waals surface area contributed by atoms with Gasteiger partial charge in [-0.15, -0.1) is 10.2 Å². The monoisotopic (exact) mass is 473 g/mol. The van der Waals surface area contributed by atoms with Crippen LogP contribution in [0.1, 0.15) is 43.2 Å². The first-order chi connectivity index (χ1) is 16.4. The summed E-state index contributed by atoms with van der Waals surface area (Å²) in [7, 11) is 0. The molecule has 0 saturated carbocycles. The Morgan fingerprint density at radius 1 is 1.03 bits per heavy atom. The smallest absolute Gasteiger partial charge is 0.262 e. The molecule has 5 aromatic rings. The van der Waals surface area contributed by atoms with Crippen LogP contribution >= 0.6 is 11.8 Å². The molecule has 0 aliphatic rings. The summed E-state index contributed by atoms with van der Waals surface area (Å²) < 4.78 is 3.61. The number of aryl methyl sites for hydroxylation is 2. The standard InChI is InChI=1S/C26H27N5O2S/c1-15(2)13-14-30-24(33)19-10-6-8-12-21(19)31-25(30)28-29-26(31)34-17(4)23(32)22-16(3)27-20-11-7-5-9-18(20)22/h5-12,15,17,27H,13-14H2,1-4H3. The van der Waals surface area contributed by atoms with E-state index in [1.165, 1.54) is 11.8 Å². The van der Waals surface area contributed by atoms with Gasteiger partial charge in [0.1, 0.15) is 0 Å². The SMILES string of the molecule is Cc1[nH]c2ccccc2c1C(=O)C(C)Sc1nnc2n(CCC(C)C)c(=O)c3ccccc3n12. The summed E-state index contributed by atoms with van der Waals surface area (Å²) in [4.78, 5) is 30.1. The number of thioether (sulfide) groups is 1. The second-order valence-electron chi connectivity index (χ2n) is 9.07. The first-order valence-electron chi connectivity index (χ1n) is 11.5. The zero-order valence-corrected chi connectivity index (χ0v) is 20.5. The van der Waals surface area contributed by atoms with Crippen molar-refractivity contribution in [3.8, 4) is 0 Å². The molecule has 1 unspecified atom stereocenters. The van der Waals surface area contributed by atoms with Crippen molar-refractivity contribution in [2.45, 2.75) is 51.1 Å². The lowest BCUT2D eigenvalue weighted by molar-refractivity contribution is 0.0995. The molecule has 0 amide bonds. The van der Waals surface area contributed by atoms with Gasteiger partial charge < -0.3 is 4.98 Å². The highest BCUT2D eigenvalue weighted by Crippen LogP contribution is 2.30. The number of nitrogens with one attached hydrogen (secondary N) is 1. The largest absolute Gasteiger partial charge is 0.358 e. The molecule has 3 aromatic heterocycles. The number of hydrogen-bond acceptors (Lipinski definition) is 5. The van der Waals surface area contributed by atoms with Crippen molar-refractivity contribution in [2.24, 2.45) is 5.92 Å². The summed E-state index contributed by atoms with van der Waals surface area (Å²) in [6.07, 6.45) is 0.859. The average molecular weight is 474 g/mol. The lowest BCUT2D eigenvalue weighted by Gasteiger charge is -2.13. The number of aromatic amines is 1. The average Bonchev–Trinajstić information content (AvgIpc) is 3.38. The van der Waals surface area contributed by atoms with Crippen LogP contribution in [0, 0.1) is 12.8 Å². The Kier molecular flexibility index (Phi) is 5.77. The molecule has 0 aliphatic carbocycles. The van der Waals surface area contributed by atoms with Crippen LogP contribution in [0.4, 0.5) is 0 Å². The van der Waals surface area contributed by atoms with E-state index >= 15 is 0 Å². The van der Waals surface area contributed by atoms with Gasteiger partial charge in [-0.3, -0.25) is 18.6 Å². The lowest BCUT2D eigenvalue weighted by atomic mass is 10.1. The van der Waals surface area contributed by atoms with Crippen LogP contribution in [0.3, 0.4) is 0 Å². The molecule has 34 heavy (non-hydrogen) atoms. The molecule has 0 bridgehead atoms. The molecular weight excluding hydrogens is 446 g/mol. The van der Waals surface area contributed by atoms with Gasteiger partial charge in [0.05, 0.1) is 16.2 Å². The molecule has 3 heterocycles. The Bertz CT molecular complexity index is 1590. The maximum Gasteiger partial charge on any atom is 0.262 e. The normalized spacial score (nSPS) is 12.9. The third-order valence-corrected chi connectivity index (χ3v) is 7.24. The Balaban J connectivity index is 1.58. The van der Waals surface area contributed by atoms with Crippen molar-refractivity contribution in [3.63, 3.8) is 0 Å². The molecule has 1 N–H and O–H groups in total. The number of Topliss-reactive ketones (excluding diaryl/α,β-unsaturated/α-hetero) is 1. The molecule has 7 nitrogen and oxygen atoms in total. The molecule has 0 fully saturated rings. The van der Waals surface area contributed by atoms with E-state index < -0.39 is 0 Å². The molecule has 5 rings (SSSR count). The Morgan fingerprint density at radius 3 is 2.50 bits per heavy atom. The van der Waals surface area contributed by atoms with Gasteiger partial charge in [0.15, 0.2) is 10.9 Å². The summed E-state index contributed by atoms with van der Waals surface area (Å²) in [5.74, 6) is 0.996. The summed E-state index contributed by atoms with van der Waals surface area (Å²) in [6, 6.07) is 15.4. The maximum atomic E-state index is 13.5. The van der Waals surface area contributed by atoms with E-state index in [2.05, 4.69) is 29.0 Å². The van der Waals surface area contributed by atoms with Gasteiger partial charge in [0.25, 0.3) is 5.56 Å². The van der Waals surface area contributed by atoms with Crippen molar-refractivity contribution in [1.29, 1.82) is 0 Å². The summed E-state index contributed by atoms with van der Waals surface area (Å²) >= 11 is 1.37. The maximum absolute atomic E-state index is 13.5.